The summed E-state index contributed by atoms with van der Waals surface area (Å²) in [6.07, 6.45) is 1.37. The van der Waals surface area contributed by atoms with E-state index in [1.807, 2.05) is 24.3 Å². The van der Waals surface area contributed by atoms with Crippen LogP contribution in [0.5, 0.6) is 5.75 Å². The molecular formula is C20H20N5O4S+. The lowest BCUT2D eigenvalue weighted by Crippen LogP contribution is -2.55. The van der Waals surface area contributed by atoms with Gasteiger partial charge >= 0.3 is 16.9 Å². The van der Waals surface area contributed by atoms with Gasteiger partial charge < -0.3 is 10.4 Å². The Morgan fingerprint density at radius 3 is 2.87 bits per heavy atom. The second-order valence-corrected chi connectivity index (χ2v) is 7.94. The number of nitrogens with one attached hydrogen (secondary N) is 2. The minimum absolute atomic E-state index is 0.281. The van der Waals surface area contributed by atoms with Crippen LogP contribution in [-0.4, -0.2) is 25.9 Å². The highest BCUT2D eigenvalue weighted by Gasteiger charge is 2.38. The highest BCUT2D eigenvalue weighted by molar-refractivity contribution is 7.99. The number of aromatic amines is 1. The topological polar surface area (TPSA) is 125 Å². The Morgan fingerprint density at radius 2 is 2.10 bits per heavy atom. The number of anilines is 1. The number of nitro groups is 1. The predicted molar refractivity (Wildman–Crippen MR) is 113 cm³/mol. The second kappa shape index (κ2) is 8.15. The first-order chi connectivity index (χ1) is 14.5. The quantitative estimate of drug-likeness (QED) is 0.182. The fourth-order valence-corrected chi connectivity index (χ4v) is 4.29. The Bertz CT molecular complexity index is 1180. The van der Waals surface area contributed by atoms with Crippen molar-refractivity contribution in [1.82, 2.24) is 10.1 Å². The first-order valence-electron chi connectivity index (χ1n) is 9.51. The molecule has 3 N–H and O–H groups in total. The number of aromatic nitrogens is 3. The number of unbranched alkanes of at least 4 members (excludes halogenated alkanes) is 1. The maximum Gasteiger partial charge on any atom is 0.325 e. The number of phenols is 1. The summed E-state index contributed by atoms with van der Waals surface area (Å²) < 4.78 is 1.56. The molecule has 0 aliphatic carbocycles. The number of phenolic OH excluding ortho intramolecular Hbond substituents is 1. The van der Waals surface area contributed by atoms with Crippen LogP contribution in [0.4, 0.5) is 11.4 Å². The van der Waals surface area contributed by atoms with Crippen LogP contribution in [0.2, 0.25) is 0 Å². The number of thioether (sulfide) groups is 1. The standard InChI is InChI=1S/C20H19N5O4S/c1-2-3-10-30-20-22-19(27)17-13-6-4-5-7-14(13)21-18(24(17)23-20)12-8-9-16(26)15(11-12)25(28)29/h4-9,11,18H,2-3,10H2,1H3,(H2,22,23,26,27)/p+1/t18-/m0/s1. The molecule has 9 nitrogen and oxygen atoms in total. The highest BCUT2D eigenvalue weighted by atomic mass is 32.2. The molecule has 154 valence electrons. The van der Waals surface area contributed by atoms with Crippen LogP contribution in [0.3, 0.4) is 0 Å². The molecule has 0 spiro atoms. The highest BCUT2D eigenvalue weighted by Crippen LogP contribution is 2.34. The van der Waals surface area contributed by atoms with E-state index in [9.17, 15) is 20.0 Å². The second-order valence-electron chi connectivity index (χ2n) is 6.85. The number of fused-ring (bicyclic) bond motifs is 3. The third-order valence-corrected chi connectivity index (χ3v) is 5.78. The van der Waals surface area contributed by atoms with Gasteiger partial charge in [-0.3, -0.25) is 19.9 Å². The van der Waals surface area contributed by atoms with Crippen LogP contribution in [0.15, 0.2) is 52.4 Å². The number of nitro benzene ring substituents is 1. The van der Waals surface area contributed by atoms with Gasteiger partial charge in [-0.15, -0.1) is 0 Å². The number of nitrogens with zero attached hydrogens (tertiary/aromatic N) is 3. The number of rotatable bonds is 6. The number of hydrogen-bond donors (Lipinski definition) is 3. The Hall–Kier alpha value is -3.40. The molecule has 4 rings (SSSR count). The van der Waals surface area contributed by atoms with E-state index < -0.39 is 22.5 Å². The predicted octanol–water partition coefficient (Wildman–Crippen LogP) is 3.20. The van der Waals surface area contributed by atoms with Gasteiger partial charge in [0.1, 0.15) is 0 Å². The van der Waals surface area contributed by atoms with Gasteiger partial charge in [-0.05, 0) is 35.4 Å². The third kappa shape index (κ3) is 3.61. The largest absolute Gasteiger partial charge is 0.502 e. The molecule has 1 aliphatic heterocycles. The summed E-state index contributed by atoms with van der Waals surface area (Å²) in [6.45, 7) is 2.09. The minimum Gasteiger partial charge on any atom is -0.502 e. The van der Waals surface area contributed by atoms with E-state index in [1.165, 1.54) is 23.9 Å². The molecule has 0 radical (unpaired) electrons. The molecule has 10 heteroatoms. The minimum atomic E-state index is -0.651. The van der Waals surface area contributed by atoms with E-state index in [-0.39, 0.29) is 5.56 Å². The molecule has 0 bridgehead atoms. The maximum atomic E-state index is 13.0. The molecule has 0 saturated heterocycles. The number of aromatic hydroxyl groups is 1. The van der Waals surface area contributed by atoms with Gasteiger partial charge in [0.2, 0.25) is 5.16 Å². The summed E-state index contributed by atoms with van der Waals surface area (Å²) in [5.41, 5.74) is 1.60. The van der Waals surface area contributed by atoms with Crippen molar-refractivity contribution in [3.8, 4) is 17.0 Å². The molecule has 1 atom stereocenters. The van der Waals surface area contributed by atoms with Gasteiger partial charge in [-0.1, -0.05) is 37.2 Å². The van der Waals surface area contributed by atoms with Crippen molar-refractivity contribution in [2.45, 2.75) is 31.1 Å². The number of H-pyrrole nitrogens is 1. The van der Waals surface area contributed by atoms with Crippen LogP contribution in [-0.2, 0) is 0 Å². The van der Waals surface area contributed by atoms with Crippen LogP contribution in [0, 0.1) is 10.1 Å². The average Bonchev–Trinajstić information content (AvgIpc) is 2.73. The van der Waals surface area contributed by atoms with E-state index in [1.54, 1.807) is 10.7 Å². The van der Waals surface area contributed by atoms with Gasteiger partial charge in [0.05, 0.1) is 21.7 Å². The average molecular weight is 426 g/mol. The van der Waals surface area contributed by atoms with Crippen LogP contribution in [0.25, 0.3) is 11.3 Å². The van der Waals surface area contributed by atoms with Crippen molar-refractivity contribution in [2.24, 2.45) is 0 Å². The summed E-state index contributed by atoms with van der Waals surface area (Å²) in [6, 6.07) is 11.5. The van der Waals surface area contributed by atoms with Gasteiger partial charge in [0.15, 0.2) is 5.75 Å². The smallest absolute Gasteiger partial charge is 0.325 e. The maximum absolute atomic E-state index is 13.0. The summed E-state index contributed by atoms with van der Waals surface area (Å²) in [5.74, 6) is 0.401. The Morgan fingerprint density at radius 1 is 1.30 bits per heavy atom. The zero-order valence-corrected chi connectivity index (χ0v) is 17.0. The zero-order chi connectivity index (χ0) is 21.3. The van der Waals surface area contributed by atoms with Gasteiger partial charge in [0.25, 0.3) is 6.17 Å². The Balaban J connectivity index is 1.88. The van der Waals surface area contributed by atoms with Crippen molar-refractivity contribution in [3.05, 3.63) is 68.5 Å². The molecule has 1 aromatic heterocycles. The number of benzene rings is 2. The van der Waals surface area contributed by atoms with Gasteiger partial charge in [-0.2, -0.15) is 0 Å². The van der Waals surface area contributed by atoms with Crippen LogP contribution in [0.1, 0.15) is 31.5 Å². The van der Waals surface area contributed by atoms with Gasteiger partial charge in [0, 0.05) is 16.9 Å². The summed E-state index contributed by atoms with van der Waals surface area (Å²) in [5, 5.41) is 29.5. The summed E-state index contributed by atoms with van der Waals surface area (Å²) >= 11 is 1.46. The van der Waals surface area contributed by atoms with Crippen molar-refractivity contribution >= 4 is 23.1 Å². The Kier molecular flexibility index (Phi) is 5.40. The van der Waals surface area contributed by atoms with E-state index in [4.69, 9.17) is 0 Å². The molecule has 0 fully saturated rings. The third-order valence-electron chi connectivity index (χ3n) is 4.83. The van der Waals surface area contributed by atoms with Crippen molar-refractivity contribution < 1.29 is 14.7 Å². The van der Waals surface area contributed by atoms with Crippen LogP contribution >= 0.6 is 11.8 Å². The summed E-state index contributed by atoms with van der Waals surface area (Å²) in [7, 11) is 0. The van der Waals surface area contributed by atoms with E-state index in [0.717, 1.165) is 24.3 Å². The lowest BCUT2D eigenvalue weighted by atomic mass is 10.0. The molecule has 1 aliphatic rings. The molecule has 0 amide bonds. The molecule has 0 saturated carbocycles. The fraction of sp³-hybridized carbons (Fsp3) is 0.250. The molecule has 2 heterocycles. The first-order valence-corrected chi connectivity index (χ1v) is 10.5. The van der Waals surface area contributed by atoms with Gasteiger partial charge in [-0.25, -0.2) is 0 Å². The SMILES string of the molecule is CCCCSc1n[n+]2c(c(=O)[nH]1)-c1ccccc1N[C@@H]2c1ccc(O)c([N+](=O)[O-])c1. The first kappa shape index (κ1) is 19.9. The van der Waals surface area contributed by atoms with E-state index in [0.29, 0.717) is 22.0 Å². The molecule has 30 heavy (non-hydrogen) atoms. The van der Waals surface area contributed by atoms with E-state index in [2.05, 4.69) is 22.3 Å². The van der Waals surface area contributed by atoms with Crippen molar-refractivity contribution in [2.75, 3.05) is 11.1 Å². The fourth-order valence-electron chi connectivity index (χ4n) is 3.35. The molecular weight excluding hydrogens is 406 g/mol. The molecule has 3 aromatic rings. The number of hydrogen-bond acceptors (Lipinski definition) is 7. The lowest BCUT2D eigenvalue weighted by molar-refractivity contribution is -0.759. The van der Waals surface area contributed by atoms with Crippen molar-refractivity contribution in [3.63, 3.8) is 0 Å². The molecule has 2 aromatic carbocycles. The normalized spacial score (nSPS) is 14.5. The monoisotopic (exact) mass is 426 g/mol. The molecule has 0 unspecified atom stereocenters. The van der Waals surface area contributed by atoms with E-state index >= 15 is 0 Å². The zero-order valence-electron chi connectivity index (χ0n) is 16.2. The lowest BCUT2D eigenvalue weighted by Gasteiger charge is -2.22. The Labute approximate surface area is 175 Å². The summed E-state index contributed by atoms with van der Waals surface area (Å²) in [4.78, 5) is 26.5. The number of para-hydroxylation sites is 1. The van der Waals surface area contributed by atoms with Crippen LogP contribution < -0.4 is 15.6 Å². The van der Waals surface area contributed by atoms with Crippen molar-refractivity contribution in [1.29, 1.82) is 0 Å².